The number of hydrogen-bond acceptors (Lipinski definition) is 5. The summed E-state index contributed by atoms with van der Waals surface area (Å²) in [5, 5.41) is 10.3. The summed E-state index contributed by atoms with van der Waals surface area (Å²) >= 11 is 6.19. The van der Waals surface area contributed by atoms with E-state index in [2.05, 4.69) is 34.2 Å². The number of halogens is 1. The maximum absolute atomic E-state index is 9.62. The molecule has 5 rings (SSSR count). The van der Waals surface area contributed by atoms with Crippen LogP contribution in [0.4, 0.5) is 5.88 Å². The van der Waals surface area contributed by atoms with Crippen molar-refractivity contribution in [3.05, 3.63) is 100 Å². The zero-order valence-electron chi connectivity index (χ0n) is 17.3. The lowest BCUT2D eigenvalue weighted by atomic mass is 10.00. The van der Waals surface area contributed by atoms with Gasteiger partial charge in [0.05, 0.1) is 0 Å². The Balaban J connectivity index is 1.33. The highest BCUT2D eigenvalue weighted by Gasteiger charge is 2.24. The molecule has 0 N–H and O–H groups in total. The summed E-state index contributed by atoms with van der Waals surface area (Å²) in [5.41, 5.74) is 4.61. The first kappa shape index (κ1) is 20.2. The molecule has 5 nitrogen and oxygen atoms in total. The average Bonchev–Trinajstić information content (AvgIpc) is 3.28. The highest BCUT2D eigenvalue weighted by molar-refractivity contribution is 6.31. The van der Waals surface area contributed by atoms with E-state index >= 15 is 0 Å². The molecule has 0 unspecified atom stereocenters. The Bertz CT molecular complexity index is 1290. The van der Waals surface area contributed by atoms with Crippen molar-refractivity contribution < 1.29 is 9.15 Å². The van der Waals surface area contributed by atoms with Crippen molar-refractivity contribution in [1.82, 2.24) is 4.98 Å². The van der Waals surface area contributed by atoms with Crippen LogP contribution in [0, 0.1) is 11.3 Å². The Morgan fingerprint density at radius 1 is 1.00 bits per heavy atom. The zero-order valence-corrected chi connectivity index (χ0v) is 18.0. The van der Waals surface area contributed by atoms with Crippen LogP contribution >= 0.6 is 11.6 Å². The molecule has 0 spiro atoms. The molecule has 2 heterocycles. The highest BCUT2D eigenvalue weighted by Crippen LogP contribution is 2.32. The molecule has 0 saturated heterocycles. The van der Waals surface area contributed by atoms with Gasteiger partial charge in [-0.3, -0.25) is 0 Å². The van der Waals surface area contributed by atoms with Crippen molar-refractivity contribution in [2.45, 2.75) is 19.6 Å². The van der Waals surface area contributed by atoms with Gasteiger partial charge in [0.1, 0.15) is 18.4 Å². The Kier molecular flexibility index (Phi) is 5.53. The first-order chi connectivity index (χ1) is 15.7. The summed E-state index contributed by atoms with van der Waals surface area (Å²) in [6.45, 7) is 1.88. The molecule has 1 aliphatic rings. The molecule has 1 aromatic heterocycles. The van der Waals surface area contributed by atoms with Crippen LogP contribution in [0.1, 0.15) is 22.4 Å². The van der Waals surface area contributed by atoms with Crippen molar-refractivity contribution >= 4 is 17.5 Å². The average molecular weight is 442 g/mol. The van der Waals surface area contributed by atoms with Gasteiger partial charge < -0.3 is 14.1 Å². The number of ether oxygens (including phenoxy) is 1. The number of nitrogens with zero attached hydrogens (tertiary/aromatic N) is 3. The fourth-order valence-electron chi connectivity index (χ4n) is 3.86. The summed E-state index contributed by atoms with van der Waals surface area (Å²) in [5.74, 6) is 1.66. The predicted molar refractivity (Wildman–Crippen MR) is 124 cm³/mol. The monoisotopic (exact) mass is 441 g/mol. The number of hydrogen-bond donors (Lipinski definition) is 0. The number of aromatic nitrogens is 1. The van der Waals surface area contributed by atoms with Crippen molar-refractivity contribution in [1.29, 1.82) is 5.26 Å². The van der Waals surface area contributed by atoms with Crippen molar-refractivity contribution in [2.24, 2.45) is 0 Å². The van der Waals surface area contributed by atoms with Gasteiger partial charge in [-0.15, -0.1) is 0 Å². The molecule has 0 fully saturated rings. The first-order valence-corrected chi connectivity index (χ1v) is 10.8. The summed E-state index contributed by atoms with van der Waals surface area (Å²) in [6.07, 6.45) is 0.911. The number of nitriles is 1. The van der Waals surface area contributed by atoms with E-state index in [1.165, 1.54) is 11.1 Å². The van der Waals surface area contributed by atoms with E-state index in [1.54, 1.807) is 0 Å². The van der Waals surface area contributed by atoms with Gasteiger partial charge in [0.25, 0.3) is 0 Å². The Labute approximate surface area is 191 Å². The van der Waals surface area contributed by atoms with Crippen molar-refractivity contribution in [3.8, 4) is 23.3 Å². The van der Waals surface area contributed by atoms with Gasteiger partial charge in [-0.05, 0) is 47.9 Å². The van der Waals surface area contributed by atoms with E-state index in [9.17, 15) is 5.26 Å². The quantitative estimate of drug-likeness (QED) is 0.379. The lowest BCUT2D eigenvalue weighted by Gasteiger charge is -2.28. The predicted octanol–water partition coefficient (Wildman–Crippen LogP) is 6.01. The van der Waals surface area contributed by atoms with Crippen LogP contribution in [0.2, 0.25) is 5.02 Å². The van der Waals surface area contributed by atoms with Gasteiger partial charge in [-0.2, -0.15) is 10.2 Å². The molecule has 6 heteroatoms. The third-order valence-electron chi connectivity index (χ3n) is 5.59. The second-order valence-electron chi connectivity index (χ2n) is 7.63. The Morgan fingerprint density at radius 3 is 2.53 bits per heavy atom. The van der Waals surface area contributed by atoms with Gasteiger partial charge in [-0.1, -0.05) is 54.1 Å². The summed E-state index contributed by atoms with van der Waals surface area (Å²) in [6, 6.07) is 25.6. The van der Waals surface area contributed by atoms with E-state index in [4.69, 9.17) is 20.8 Å². The van der Waals surface area contributed by atoms with Crippen molar-refractivity contribution in [3.63, 3.8) is 0 Å². The number of anilines is 1. The van der Waals surface area contributed by atoms with Crippen LogP contribution in [0.15, 0.2) is 77.2 Å². The van der Waals surface area contributed by atoms with Crippen LogP contribution in [0.5, 0.6) is 5.75 Å². The standard InChI is InChI=1S/C26H20ClN3O2/c27-23-8-4-3-7-21(23)17-31-22-11-9-19(10-12-22)25-29-24(15-28)26(32-25)30-14-13-18-5-1-2-6-20(18)16-30/h1-12H,13-14,16-17H2. The normalized spacial score (nSPS) is 12.8. The van der Waals surface area contributed by atoms with Gasteiger partial charge in [0.15, 0.2) is 0 Å². The zero-order chi connectivity index (χ0) is 21.9. The number of rotatable bonds is 5. The van der Waals surface area contributed by atoms with Crippen LogP contribution in [0.3, 0.4) is 0 Å². The molecular weight excluding hydrogens is 422 g/mol. The minimum absolute atomic E-state index is 0.304. The molecule has 0 radical (unpaired) electrons. The molecule has 1 aliphatic heterocycles. The van der Waals surface area contributed by atoms with Gasteiger partial charge >= 0.3 is 0 Å². The van der Waals surface area contributed by atoms with Gasteiger partial charge in [-0.25, -0.2) is 0 Å². The van der Waals surface area contributed by atoms with Crippen LogP contribution in [0.25, 0.3) is 11.5 Å². The largest absolute Gasteiger partial charge is 0.489 e. The lowest BCUT2D eigenvalue weighted by molar-refractivity contribution is 0.306. The molecule has 0 amide bonds. The SMILES string of the molecule is N#Cc1nc(-c2ccc(OCc3ccccc3Cl)cc2)oc1N1CCc2ccccc2C1. The lowest BCUT2D eigenvalue weighted by Crippen LogP contribution is -2.30. The fraction of sp³-hybridized carbons (Fsp3) is 0.154. The fourth-order valence-corrected chi connectivity index (χ4v) is 4.05. The van der Waals surface area contributed by atoms with E-state index < -0.39 is 0 Å². The minimum Gasteiger partial charge on any atom is -0.489 e. The van der Waals surface area contributed by atoms with Crippen LogP contribution in [-0.4, -0.2) is 11.5 Å². The molecule has 0 atom stereocenters. The van der Waals surface area contributed by atoms with Crippen molar-refractivity contribution in [2.75, 3.05) is 11.4 Å². The van der Waals surface area contributed by atoms with E-state index in [1.807, 2.05) is 54.6 Å². The molecule has 158 valence electrons. The molecule has 0 saturated carbocycles. The first-order valence-electron chi connectivity index (χ1n) is 10.4. The van der Waals surface area contributed by atoms with Gasteiger partial charge in [0.2, 0.25) is 17.5 Å². The number of fused-ring (bicyclic) bond motifs is 1. The Hall–Kier alpha value is -3.75. The topological polar surface area (TPSA) is 62.3 Å². The minimum atomic E-state index is 0.304. The molecule has 3 aromatic carbocycles. The number of benzene rings is 3. The molecule has 0 bridgehead atoms. The second-order valence-corrected chi connectivity index (χ2v) is 8.04. The summed E-state index contributed by atoms with van der Waals surface area (Å²) in [4.78, 5) is 6.52. The van der Waals surface area contributed by atoms with Crippen LogP contribution < -0.4 is 9.64 Å². The maximum atomic E-state index is 9.62. The van der Waals surface area contributed by atoms with Gasteiger partial charge in [0, 0.05) is 29.2 Å². The summed E-state index contributed by atoms with van der Waals surface area (Å²) < 4.78 is 11.9. The van der Waals surface area contributed by atoms with Crippen LogP contribution in [-0.2, 0) is 19.6 Å². The number of oxazole rings is 1. The van der Waals surface area contributed by atoms with E-state index in [0.717, 1.165) is 24.1 Å². The Morgan fingerprint density at radius 2 is 1.75 bits per heavy atom. The maximum Gasteiger partial charge on any atom is 0.235 e. The highest BCUT2D eigenvalue weighted by atomic mass is 35.5. The smallest absolute Gasteiger partial charge is 0.235 e. The summed E-state index contributed by atoms with van der Waals surface area (Å²) in [7, 11) is 0. The van der Waals surface area contributed by atoms with E-state index in [0.29, 0.717) is 41.4 Å². The second kappa shape index (κ2) is 8.78. The third-order valence-corrected chi connectivity index (χ3v) is 5.96. The molecule has 32 heavy (non-hydrogen) atoms. The molecular formula is C26H20ClN3O2. The van der Waals surface area contributed by atoms with E-state index in [-0.39, 0.29) is 0 Å². The molecule has 4 aromatic rings. The third kappa shape index (κ3) is 4.05. The molecule has 0 aliphatic carbocycles.